The van der Waals surface area contributed by atoms with Gasteiger partial charge < -0.3 is 15.1 Å². The van der Waals surface area contributed by atoms with Crippen molar-refractivity contribution in [3.8, 4) is 0 Å². The van der Waals surface area contributed by atoms with Crippen molar-refractivity contribution >= 4 is 17.3 Å². The largest absolute Gasteiger partial charge is 0.369 e. The van der Waals surface area contributed by atoms with E-state index in [9.17, 15) is 9.18 Å². The molecule has 1 amide bonds. The van der Waals surface area contributed by atoms with Gasteiger partial charge in [-0.15, -0.1) is 0 Å². The second-order valence-corrected chi connectivity index (χ2v) is 6.36. The summed E-state index contributed by atoms with van der Waals surface area (Å²) in [4.78, 5) is 17.1. The van der Waals surface area contributed by atoms with Crippen molar-refractivity contribution in [3.63, 3.8) is 0 Å². The number of halogens is 1. The molecule has 1 aliphatic rings. The SMILES string of the molecule is CCN1CCN(c2ccc(NC(=O)c3ccccc3F)cc2C)CC1. The summed E-state index contributed by atoms with van der Waals surface area (Å²) in [5, 5.41) is 2.78. The molecule has 0 saturated carbocycles. The zero-order valence-corrected chi connectivity index (χ0v) is 14.8. The third kappa shape index (κ3) is 3.99. The number of hydrogen-bond donors (Lipinski definition) is 1. The van der Waals surface area contributed by atoms with Gasteiger partial charge in [0, 0.05) is 37.6 Å². The maximum Gasteiger partial charge on any atom is 0.258 e. The zero-order valence-electron chi connectivity index (χ0n) is 14.8. The van der Waals surface area contributed by atoms with Crippen molar-refractivity contribution in [3.05, 3.63) is 59.4 Å². The molecule has 1 aliphatic heterocycles. The molecule has 0 spiro atoms. The number of piperazine rings is 1. The minimum atomic E-state index is -0.512. The van der Waals surface area contributed by atoms with Crippen molar-refractivity contribution in [2.24, 2.45) is 0 Å². The van der Waals surface area contributed by atoms with Crippen molar-refractivity contribution in [1.29, 1.82) is 0 Å². The molecule has 1 fully saturated rings. The summed E-state index contributed by atoms with van der Waals surface area (Å²) in [5.41, 5.74) is 3.04. The van der Waals surface area contributed by atoms with Gasteiger partial charge in [0.25, 0.3) is 5.91 Å². The highest BCUT2D eigenvalue weighted by molar-refractivity contribution is 6.04. The Morgan fingerprint density at radius 3 is 2.48 bits per heavy atom. The molecule has 4 nitrogen and oxygen atoms in total. The summed E-state index contributed by atoms with van der Waals surface area (Å²) in [6, 6.07) is 11.9. The molecule has 1 N–H and O–H groups in total. The van der Waals surface area contributed by atoms with Gasteiger partial charge in [-0.05, 0) is 49.4 Å². The zero-order chi connectivity index (χ0) is 17.8. The first-order valence-corrected chi connectivity index (χ1v) is 8.72. The van der Waals surface area contributed by atoms with Crippen LogP contribution < -0.4 is 10.2 Å². The molecular weight excluding hydrogens is 317 g/mol. The predicted octanol–water partition coefficient (Wildman–Crippen LogP) is 3.53. The van der Waals surface area contributed by atoms with E-state index < -0.39 is 11.7 Å². The smallest absolute Gasteiger partial charge is 0.258 e. The van der Waals surface area contributed by atoms with Gasteiger partial charge in [-0.1, -0.05) is 19.1 Å². The third-order valence-corrected chi connectivity index (χ3v) is 4.73. The molecule has 5 heteroatoms. The fourth-order valence-corrected chi connectivity index (χ4v) is 3.24. The van der Waals surface area contributed by atoms with E-state index in [1.165, 1.54) is 17.8 Å². The standard InChI is InChI=1S/C20H24FN3O/c1-3-23-10-12-24(13-11-23)19-9-8-16(14-15(19)2)22-20(25)17-6-4-5-7-18(17)21/h4-9,14H,3,10-13H2,1-2H3,(H,22,25). The lowest BCUT2D eigenvalue weighted by atomic mass is 10.1. The molecule has 25 heavy (non-hydrogen) atoms. The van der Waals surface area contributed by atoms with E-state index in [1.54, 1.807) is 12.1 Å². The Morgan fingerprint density at radius 2 is 1.84 bits per heavy atom. The first-order chi connectivity index (χ1) is 12.1. The Bertz CT molecular complexity index is 754. The van der Waals surface area contributed by atoms with Gasteiger partial charge in [-0.25, -0.2) is 4.39 Å². The Labute approximate surface area is 148 Å². The number of carbonyl (C=O) groups is 1. The highest BCUT2D eigenvalue weighted by Gasteiger charge is 2.18. The van der Waals surface area contributed by atoms with Crippen LogP contribution in [0, 0.1) is 12.7 Å². The van der Waals surface area contributed by atoms with Crippen LogP contribution in [0.2, 0.25) is 0 Å². The Morgan fingerprint density at radius 1 is 1.12 bits per heavy atom. The normalized spacial score (nSPS) is 15.2. The summed E-state index contributed by atoms with van der Waals surface area (Å²) in [6.45, 7) is 9.48. The quantitative estimate of drug-likeness (QED) is 0.924. The maximum absolute atomic E-state index is 13.7. The minimum Gasteiger partial charge on any atom is -0.369 e. The highest BCUT2D eigenvalue weighted by Crippen LogP contribution is 2.25. The molecule has 1 heterocycles. The number of carbonyl (C=O) groups excluding carboxylic acids is 1. The first kappa shape index (κ1) is 17.4. The van der Waals surface area contributed by atoms with E-state index in [4.69, 9.17) is 0 Å². The van der Waals surface area contributed by atoms with E-state index in [2.05, 4.69) is 22.0 Å². The van der Waals surface area contributed by atoms with Crippen LogP contribution in [0.15, 0.2) is 42.5 Å². The van der Waals surface area contributed by atoms with Crippen LogP contribution >= 0.6 is 0 Å². The van der Waals surface area contributed by atoms with Crippen LogP contribution in [-0.4, -0.2) is 43.5 Å². The van der Waals surface area contributed by atoms with Crippen molar-refractivity contribution in [2.45, 2.75) is 13.8 Å². The highest BCUT2D eigenvalue weighted by atomic mass is 19.1. The van der Waals surface area contributed by atoms with Crippen LogP contribution in [0.1, 0.15) is 22.8 Å². The van der Waals surface area contributed by atoms with E-state index >= 15 is 0 Å². The Kier molecular flexibility index (Phi) is 5.34. The Hall–Kier alpha value is -2.40. The fraction of sp³-hybridized carbons (Fsp3) is 0.350. The molecule has 0 unspecified atom stereocenters. The van der Waals surface area contributed by atoms with Gasteiger partial charge >= 0.3 is 0 Å². The lowest BCUT2D eigenvalue weighted by Crippen LogP contribution is -2.46. The second-order valence-electron chi connectivity index (χ2n) is 6.36. The lowest BCUT2D eigenvalue weighted by molar-refractivity contribution is 0.102. The van der Waals surface area contributed by atoms with Crippen molar-refractivity contribution in [1.82, 2.24) is 4.90 Å². The number of hydrogen-bond acceptors (Lipinski definition) is 3. The molecule has 0 atom stereocenters. The second kappa shape index (κ2) is 7.66. The van der Waals surface area contributed by atoms with E-state index in [1.807, 2.05) is 25.1 Å². The molecule has 3 rings (SSSR count). The van der Waals surface area contributed by atoms with Crippen LogP contribution in [-0.2, 0) is 0 Å². The number of anilines is 2. The van der Waals surface area contributed by atoms with E-state index in [0.717, 1.165) is 38.3 Å². The topological polar surface area (TPSA) is 35.6 Å². The molecule has 0 aromatic heterocycles. The van der Waals surface area contributed by atoms with Crippen LogP contribution in [0.3, 0.4) is 0 Å². The molecule has 1 saturated heterocycles. The molecule has 0 aliphatic carbocycles. The summed E-state index contributed by atoms with van der Waals surface area (Å²) in [5.74, 6) is -0.941. The van der Waals surface area contributed by atoms with Crippen LogP contribution in [0.4, 0.5) is 15.8 Å². The monoisotopic (exact) mass is 341 g/mol. The molecule has 2 aromatic carbocycles. The Balaban J connectivity index is 1.70. The van der Waals surface area contributed by atoms with Gasteiger partial charge in [0.05, 0.1) is 5.56 Å². The summed E-state index contributed by atoms with van der Waals surface area (Å²) in [6.07, 6.45) is 0. The number of nitrogens with one attached hydrogen (secondary N) is 1. The maximum atomic E-state index is 13.7. The van der Waals surface area contributed by atoms with Crippen LogP contribution in [0.25, 0.3) is 0 Å². The van der Waals surface area contributed by atoms with Crippen molar-refractivity contribution in [2.75, 3.05) is 42.9 Å². The van der Waals surface area contributed by atoms with E-state index in [0.29, 0.717) is 5.69 Å². The number of nitrogens with zero attached hydrogens (tertiary/aromatic N) is 2. The average Bonchev–Trinajstić information content (AvgIpc) is 2.62. The van der Waals surface area contributed by atoms with Crippen molar-refractivity contribution < 1.29 is 9.18 Å². The van der Waals surface area contributed by atoms with Gasteiger partial charge in [0.15, 0.2) is 0 Å². The number of likely N-dealkylation sites (N-methyl/N-ethyl adjacent to an activating group) is 1. The summed E-state index contributed by atoms with van der Waals surface area (Å²) in [7, 11) is 0. The predicted molar refractivity (Wildman–Crippen MR) is 99.9 cm³/mol. The molecule has 132 valence electrons. The molecule has 0 bridgehead atoms. The van der Waals surface area contributed by atoms with E-state index in [-0.39, 0.29) is 5.56 Å². The number of benzene rings is 2. The lowest BCUT2D eigenvalue weighted by Gasteiger charge is -2.36. The molecule has 2 aromatic rings. The van der Waals surface area contributed by atoms with Crippen LogP contribution in [0.5, 0.6) is 0 Å². The van der Waals surface area contributed by atoms with Gasteiger partial charge in [0.2, 0.25) is 0 Å². The molecular formula is C20H24FN3O. The number of aryl methyl sites for hydroxylation is 1. The first-order valence-electron chi connectivity index (χ1n) is 8.72. The third-order valence-electron chi connectivity index (χ3n) is 4.73. The summed E-state index contributed by atoms with van der Waals surface area (Å²) >= 11 is 0. The number of rotatable bonds is 4. The van der Waals surface area contributed by atoms with Gasteiger partial charge in [-0.3, -0.25) is 4.79 Å². The summed E-state index contributed by atoms with van der Waals surface area (Å²) < 4.78 is 13.7. The van der Waals surface area contributed by atoms with Gasteiger partial charge in [-0.2, -0.15) is 0 Å². The van der Waals surface area contributed by atoms with Gasteiger partial charge in [0.1, 0.15) is 5.82 Å². The number of amides is 1. The fourth-order valence-electron chi connectivity index (χ4n) is 3.24. The molecule has 0 radical (unpaired) electrons. The minimum absolute atomic E-state index is 0.0555. The average molecular weight is 341 g/mol.